The molecule has 2 fully saturated rings. The number of aromatic nitrogens is 2. The molecule has 25 heavy (non-hydrogen) atoms. The highest BCUT2D eigenvalue weighted by Gasteiger charge is 2.56. The van der Waals surface area contributed by atoms with Crippen LogP contribution in [0.5, 0.6) is 0 Å². The molecule has 2 aliphatic heterocycles. The van der Waals surface area contributed by atoms with Gasteiger partial charge < -0.3 is 20.8 Å². The molecule has 2 bridgehead atoms. The van der Waals surface area contributed by atoms with Crippen molar-refractivity contribution in [2.45, 2.75) is 37.8 Å². The van der Waals surface area contributed by atoms with E-state index in [0.717, 1.165) is 24.4 Å². The molecule has 3 atom stereocenters. The number of fused-ring (bicyclic) bond motifs is 2. The Morgan fingerprint density at radius 2 is 2.04 bits per heavy atom. The van der Waals surface area contributed by atoms with Crippen molar-refractivity contribution in [2.75, 3.05) is 17.2 Å². The summed E-state index contributed by atoms with van der Waals surface area (Å²) in [4.78, 5) is 10.7. The minimum Gasteiger partial charge on any atom is -0.483 e. The van der Waals surface area contributed by atoms with Gasteiger partial charge in [0.15, 0.2) is 0 Å². The zero-order valence-corrected chi connectivity index (χ0v) is 14.6. The summed E-state index contributed by atoms with van der Waals surface area (Å²) < 4.78 is 0. The van der Waals surface area contributed by atoms with E-state index in [4.69, 9.17) is 15.6 Å². The second-order valence-corrected chi connectivity index (χ2v) is 7.56. The van der Waals surface area contributed by atoms with Crippen LogP contribution in [0.25, 0.3) is 0 Å². The van der Waals surface area contributed by atoms with E-state index in [1.165, 1.54) is 23.3 Å². The largest absolute Gasteiger partial charge is 0.483 e. The summed E-state index contributed by atoms with van der Waals surface area (Å²) in [7, 11) is 0. The van der Waals surface area contributed by atoms with Crippen LogP contribution in [0.15, 0.2) is 30.3 Å². The lowest BCUT2D eigenvalue weighted by atomic mass is 9.70. The molecule has 1 aromatic carbocycles. The van der Waals surface area contributed by atoms with Crippen molar-refractivity contribution in [1.82, 2.24) is 10.2 Å². The van der Waals surface area contributed by atoms with Gasteiger partial charge in [0, 0.05) is 17.5 Å². The molecule has 0 saturated carbocycles. The van der Waals surface area contributed by atoms with Crippen LogP contribution in [0.4, 0.5) is 10.3 Å². The van der Waals surface area contributed by atoms with E-state index in [0.29, 0.717) is 17.2 Å². The Bertz CT molecular complexity index is 711. The van der Waals surface area contributed by atoms with E-state index >= 15 is 0 Å². The Morgan fingerprint density at radius 3 is 2.64 bits per heavy atom. The van der Waals surface area contributed by atoms with Gasteiger partial charge >= 0.3 is 0 Å². The smallest absolute Gasteiger partial charge is 0.290 e. The maximum absolute atomic E-state index is 10.2. The number of benzene rings is 1. The molecule has 8 heteroatoms. The summed E-state index contributed by atoms with van der Waals surface area (Å²) >= 11 is 1.45. The van der Waals surface area contributed by atoms with E-state index in [1.807, 2.05) is 6.07 Å². The topological polar surface area (TPSA) is 113 Å². The summed E-state index contributed by atoms with van der Waals surface area (Å²) in [6, 6.07) is 11.2. The fourth-order valence-corrected chi connectivity index (χ4v) is 5.06. The van der Waals surface area contributed by atoms with Crippen LogP contribution in [0.1, 0.15) is 24.8 Å². The van der Waals surface area contributed by atoms with Gasteiger partial charge in [0.05, 0.1) is 6.61 Å². The lowest BCUT2D eigenvalue weighted by Crippen LogP contribution is -2.42. The van der Waals surface area contributed by atoms with Gasteiger partial charge in [0.25, 0.3) is 6.47 Å². The molecular weight excluding hydrogens is 340 g/mol. The molecule has 0 spiro atoms. The molecule has 0 amide bonds. The first-order valence-electron chi connectivity index (χ1n) is 8.23. The van der Waals surface area contributed by atoms with E-state index in [-0.39, 0.29) is 18.5 Å². The molecule has 2 saturated heterocycles. The fraction of sp³-hybridized carbons (Fsp3) is 0.471. The standard InChI is InChI=1S/C16H20N4OS.CH2O2/c17-14-18-19-15(22-14)20-12-6-7-13(20)16(9-12,10-21)8-11-4-2-1-3-5-11;2-1-3/h1-5,12-13,21H,6-10H2,(H2,17,18);1H,(H,2,3)/t12-,13+,16-;/m1./s1. The zero-order chi connectivity index (χ0) is 17.9. The minimum atomic E-state index is -0.250. The average Bonchev–Trinajstić information content (AvgIpc) is 3.29. The maximum atomic E-state index is 10.2. The number of carboxylic acid groups (broad SMARTS) is 1. The van der Waals surface area contributed by atoms with Gasteiger partial charge in [-0.1, -0.05) is 41.7 Å². The number of aliphatic hydroxyl groups excluding tert-OH is 1. The summed E-state index contributed by atoms with van der Waals surface area (Å²) in [6.07, 6.45) is 4.21. The molecule has 2 aliphatic rings. The number of hydrogen-bond acceptors (Lipinski definition) is 7. The van der Waals surface area contributed by atoms with Crippen LogP contribution in [-0.2, 0) is 11.2 Å². The van der Waals surface area contributed by atoms with Crippen LogP contribution in [-0.4, -0.2) is 45.6 Å². The summed E-state index contributed by atoms with van der Waals surface area (Å²) in [5.74, 6) is 0. The van der Waals surface area contributed by atoms with Gasteiger partial charge in [-0.3, -0.25) is 4.79 Å². The molecule has 4 N–H and O–H groups in total. The van der Waals surface area contributed by atoms with Crippen molar-refractivity contribution in [3.8, 4) is 0 Å². The molecule has 2 aromatic rings. The molecule has 1 aromatic heterocycles. The van der Waals surface area contributed by atoms with Gasteiger partial charge in [-0.05, 0) is 31.2 Å². The van der Waals surface area contributed by atoms with Gasteiger partial charge in [-0.15, -0.1) is 10.2 Å². The fourth-order valence-electron chi connectivity index (χ4n) is 4.33. The van der Waals surface area contributed by atoms with Crippen molar-refractivity contribution in [3.05, 3.63) is 35.9 Å². The number of anilines is 2. The highest BCUT2D eigenvalue weighted by atomic mass is 32.1. The SMILES string of the molecule is Nc1nnc(N2[C@@H]3CC[C@H]2[C@](CO)(Cc2ccccc2)C3)s1.O=CO. The Balaban J connectivity index is 0.000000569. The summed E-state index contributed by atoms with van der Waals surface area (Å²) in [6.45, 7) is -0.0339. The molecule has 134 valence electrons. The number of hydrogen-bond donors (Lipinski definition) is 3. The molecule has 0 unspecified atom stereocenters. The second kappa shape index (κ2) is 7.37. The maximum Gasteiger partial charge on any atom is 0.290 e. The third kappa shape index (κ3) is 3.32. The number of nitrogen functional groups attached to an aromatic ring is 1. The number of nitrogens with zero attached hydrogens (tertiary/aromatic N) is 3. The first-order valence-corrected chi connectivity index (χ1v) is 9.05. The summed E-state index contributed by atoms with van der Waals surface area (Å²) in [5, 5.41) is 26.7. The third-order valence-corrected chi connectivity index (χ3v) is 5.98. The minimum absolute atomic E-state index is 0.0787. The van der Waals surface area contributed by atoms with Crippen molar-refractivity contribution >= 4 is 28.1 Å². The van der Waals surface area contributed by atoms with Crippen LogP contribution < -0.4 is 10.6 Å². The zero-order valence-electron chi connectivity index (χ0n) is 13.8. The normalized spacial score (nSPS) is 27.0. The second-order valence-electron chi connectivity index (χ2n) is 6.57. The quantitative estimate of drug-likeness (QED) is 0.711. The third-order valence-electron chi connectivity index (χ3n) is 5.22. The first kappa shape index (κ1) is 17.6. The van der Waals surface area contributed by atoms with E-state index in [1.54, 1.807) is 0 Å². The van der Waals surface area contributed by atoms with E-state index < -0.39 is 0 Å². The molecule has 0 aliphatic carbocycles. The van der Waals surface area contributed by atoms with Crippen LogP contribution in [0, 0.1) is 5.41 Å². The molecular formula is C17H22N4O3S. The van der Waals surface area contributed by atoms with Crippen LogP contribution in [0.2, 0.25) is 0 Å². The number of aliphatic hydroxyl groups is 1. The van der Waals surface area contributed by atoms with Crippen molar-refractivity contribution in [2.24, 2.45) is 5.41 Å². The Hall–Kier alpha value is -2.19. The van der Waals surface area contributed by atoms with E-state index in [2.05, 4.69) is 39.4 Å². The van der Waals surface area contributed by atoms with Gasteiger partial charge in [-0.2, -0.15) is 0 Å². The van der Waals surface area contributed by atoms with Crippen molar-refractivity contribution in [1.29, 1.82) is 0 Å². The average molecular weight is 362 g/mol. The number of rotatable bonds is 4. The lowest BCUT2D eigenvalue weighted by molar-refractivity contribution is -0.122. The van der Waals surface area contributed by atoms with Gasteiger partial charge in [0.1, 0.15) is 0 Å². The first-order chi connectivity index (χ1) is 12.1. The van der Waals surface area contributed by atoms with Gasteiger partial charge in [0.2, 0.25) is 10.3 Å². The lowest BCUT2D eigenvalue weighted by Gasteiger charge is -2.36. The van der Waals surface area contributed by atoms with Crippen molar-refractivity contribution < 1.29 is 15.0 Å². The number of carbonyl (C=O) groups is 1. The molecule has 7 nitrogen and oxygen atoms in total. The Morgan fingerprint density at radius 1 is 1.32 bits per heavy atom. The van der Waals surface area contributed by atoms with E-state index in [9.17, 15) is 5.11 Å². The molecule has 3 heterocycles. The summed E-state index contributed by atoms with van der Waals surface area (Å²) in [5.41, 5.74) is 6.96. The molecule has 4 rings (SSSR count). The predicted octanol–water partition coefficient (Wildman–Crippen LogP) is 1.78. The monoisotopic (exact) mass is 362 g/mol. The van der Waals surface area contributed by atoms with Gasteiger partial charge in [-0.25, -0.2) is 0 Å². The predicted molar refractivity (Wildman–Crippen MR) is 96.6 cm³/mol. The molecule has 0 radical (unpaired) electrons. The highest BCUT2D eigenvalue weighted by molar-refractivity contribution is 7.18. The van der Waals surface area contributed by atoms with Crippen molar-refractivity contribution in [3.63, 3.8) is 0 Å². The number of nitrogens with two attached hydrogens (primary N) is 1. The Kier molecular flexibility index (Phi) is 5.19. The highest BCUT2D eigenvalue weighted by Crippen LogP contribution is 2.53. The van der Waals surface area contributed by atoms with Crippen LogP contribution >= 0.6 is 11.3 Å². The van der Waals surface area contributed by atoms with Crippen LogP contribution in [0.3, 0.4) is 0 Å². The Labute approximate surface area is 150 Å².